The number of hydrogen-bond donors (Lipinski definition) is 1. The van der Waals surface area contributed by atoms with E-state index in [1.807, 2.05) is 0 Å². The zero-order chi connectivity index (χ0) is 13.7. The Kier molecular flexibility index (Phi) is 6.65. The van der Waals surface area contributed by atoms with E-state index < -0.39 is 0 Å². The van der Waals surface area contributed by atoms with E-state index in [4.69, 9.17) is 0 Å². The Bertz CT molecular complexity index is 229. The molecule has 1 saturated carbocycles. The van der Waals surface area contributed by atoms with E-state index in [0.29, 0.717) is 5.92 Å². The first kappa shape index (κ1) is 16.0. The Morgan fingerprint density at radius 3 is 2.44 bits per heavy atom. The molecule has 2 nitrogen and oxygen atoms in total. The van der Waals surface area contributed by atoms with Gasteiger partial charge in [0, 0.05) is 13.1 Å². The van der Waals surface area contributed by atoms with Crippen LogP contribution in [0.5, 0.6) is 0 Å². The van der Waals surface area contributed by atoms with Crippen molar-refractivity contribution in [3.63, 3.8) is 0 Å². The molecule has 4 atom stereocenters. The molecular formula is C16H33NO. The van der Waals surface area contributed by atoms with Gasteiger partial charge in [-0.2, -0.15) is 0 Å². The second-order valence-corrected chi connectivity index (χ2v) is 6.88. The van der Waals surface area contributed by atoms with Crippen LogP contribution in [-0.2, 0) is 0 Å². The van der Waals surface area contributed by atoms with E-state index in [1.165, 1.54) is 19.3 Å². The smallest absolute Gasteiger partial charge is 0.0580 e. The lowest BCUT2D eigenvalue weighted by Gasteiger charge is -2.37. The Balaban J connectivity index is 2.43. The third-order valence-corrected chi connectivity index (χ3v) is 4.79. The van der Waals surface area contributed by atoms with Crippen molar-refractivity contribution in [1.29, 1.82) is 0 Å². The van der Waals surface area contributed by atoms with Gasteiger partial charge in [-0.05, 0) is 50.0 Å². The summed E-state index contributed by atoms with van der Waals surface area (Å²) in [7, 11) is 2.21. The highest BCUT2D eigenvalue weighted by molar-refractivity contribution is 4.83. The highest BCUT2D eigenvalue weighted by atomic mass is 16.3. The van der Waals surface area contributed by atoms with Crippen LogP contribution in [0.3, 0.4) is 0 Å². The molecule has 1 aliphatic rings. The fraction of sp³-hybridized carbons (Fsp3) is 1.00. The SMILES string of the molecule is CCC(C)CN(C)CC1CC(C(C)C)CCC1O. The van der Waals surface area contributed by atoms with E-state index in [2.05, 4.69) is 39.6 Å². The number of nitrogens with zero attached hydrogens (tertiary/aromatic N) is 1. The largest absolute Gasteiger partial charge is 0.393 e. The second kappa shape index (κ2) is 7.49. The van der Waals surface area contributed by atoms with E-state index in [0.717, 1.165) is 37.3 Å². The van der Waals surface area contributed by atoms with Crippen molar-refractivity contribution in [2.45, 2.75) is 59.5 Å². The maximum absolute atomic E-state index is 10.2. The molecule has 1 fully saturated rings. The van der Waals surface area contributed by atoms with Gasteiger partial charge in [0.1, 0.15) is 0 Å². The molecule has 0 aromatic rings. The molecule has 108 valence electrons. The summed E-state index contributed by atoms with van der Waals surface area (Å²) in [5, 5.41) is 10.2. The number of aliphatic hydroxyl groups excluding tert-OH is 1. The second-order valence-electron chi connectivity index (χ2n) is 6.88. The minimum absolute atomic E-state index is 0.0700. The van der Waals surface area contributed by atoms with Gasteiger partial charge in [-0.1, -0.05) is 34.1 Å². The molecule has 0 spiro atoms. The zero-order valence-corrected chi connectivity index (χ0v) is 13.0. The first-order chi connectivity index (χ1) is 8.43. The Morgan fingerprint density at radius 1 is 1.22 bits per heavy atom. The van der Waals surface area contributed by atoms with Crippen molar-refractivity contribution in [2.24, 2.45) is 23.7 Å². The van der Waals surface area contributed by atoms with Crippen LogP contribution in [0.15, 0.2) is 0 Å². The molecule has 0 heterocycles. The van der Waals surface area contributed by atoms with Gasteiger partial charge in [0.15, 0.2) is 0 Å². The summed E-state index contributed by atoms with van der Waals surface area (Å²) in [5.41, 5.74) is 0. The van der Waals surface area contributed by atoms with Crippen molar-refractivity contribution in [3.8, 4) is 0 Å². The number of hydrogen-bond acceptors (Lipinski definition) is 2. The lowest BCUT2D eigenvalue weighted by Crippen LogP contribution is -2.39. The molecular weight excluding hydrogens is 222 g/mol. The standard InChI is InChI=1S/C16H33NO/c1-6-13(4)10-17(5)11-15-9-14(12(2)3)7-8-16(15)18/h12-16,18H,6-11H2,1-5H3. The van der Waals surface area contributed by atoms with Gasteiger partial charge >= 0.3 is 0 Å². The van der Waals surface area contributed by atoms with Crippen molar-refractivity contribution in [3.05, 3.63) is 0 Å². The highest BCUT2D eigenvalue weighted by Crippen LogP contribution is 2.34. The van der Waals surface area contributed by atoms with Crippen molar-refractivity contribution in [2.75, 3.05) is 20.1 Å². The van der Waals surface area contributed by atoms with Crippen molar-refractivity contribution in [1.82, 2.24) is 4.90 Å². The molecule has 2 heteroatoms. The molecule has 0 amide bonds. The van der Waals surface area contributed by atoms with Crippen LogP contribution in [0, 0.1) is 23.7 Å². The van der Waals surface area contributed by atoms with Gasteiger partial charge in [-0.25, -0.2) is 0 Å². The highest BCUT2D eigenvalue weighted by Gasteiger charge is 2.31. The van der Waals surface area contributed by atoms with Crippen LogP contribution < -0.4 is 0 Å². The predicted octanol–water partition coefficient (Wildman–Crippen LogP) is 3.40. The Hall–Kier alpha value is -0.0800. The monoisotopic (exact) mass is 255 g/mol. The Morgan fingerprint density at radius 2 is 1.89 bits per heavy atom. The number of aliphatic hydroxyl groups is 1. The van der Waals surface area contributed by atoms with Crippen LogP contribution in [0.2, 0.25) is 0 Å². The quantitative estimate of drug-likeness (QED) is 0.786. The molecule has 0 saturated heterocycles. The summed E-state index contributed by atoms with van der Waals surface area (Å²) in [6.45, 7) is 11.4. The topological polar surface area (TPSA) is 23.5 Å². The fourth-order valence-corrected chi connectivity index (χ4v) is 3.22. The summed E-state index contributed by atoms with van der Waals surface area (Å²) in [4.78, 5) is 2.42. The van der Waals surface area contributed by atoms with Crippen LogP contribution in [-0.4, -0.2) is 36.2 Å². The average Bonchev–Trinajstić information content (AvgIpc) is 2.31. The lowest BCUT2D eigenvalue weighted by atomic mass is 9.74. The molecule has 0 aromatic heterocycles. The van der Waals surface area contributed by atoms with Crippen LogP contribution in [0.4, 0.5) is 0 Å². The summed E-state index contributed by atoms with van der Waals surface area (Å²) in [5.74, 6) is 2.83. The molecule has 1 aliphatic carbocycles. The van der Waals surface area contributed by atoms with Gasteiger partial charge in [0.25, 0.3) is 0 Å². The predicted molar refractivity (Wildman–Crippen MR) is 78.6 cm³/mol. The lowest BCUT2D eigenvalue weighted by molar-refractivity contribution is 0.0207. The fourth-order valence-electron chi connectivity index (χ4n) is 3.22. The maximum Gasteiger partial charge on any atom is 0.0580 e. The normalized spacial score (nSPS) is 31.0. The van der Waals surface area contributed by atoms with Gasteiger partial charge in [0.05, 0.1) is 6.10 Å². The van der Waals surface area contributed by atoms with Crippen LogP contribution in [0.25, 0.3) is 0 Å². The minimum Gasteiger partial charge on any atom is -0.393 e. The van der Waals surface area contributed by atoms with Crippen molar-refractivity contribution >= 4 is 0 Å². The molecule has 0 aromatic carbocycles. The van der Waals surface area contributed by atoms with Gasteiger partial charge < -0.3 is 10.0 Å². The molecule has 18 heavy (non-hydrogen) atoms. The average molecular weight is 255 g/mol. The summed E-state index contributed by atoms with van der Waals surface area (Å²) < 4.78 is 0. The first-order valence-corrected chi connectivity index (χ1v) is 7.80. The van der Waals surface area contributed by atoms with Crippen LogP contribution >= 0.6 is 0 Å². The van der Waals surface area contributed by atoms with E-state index in [9.17, 15) is 5.11 Å². The summed E-state index contributed by atoms with van der Waals surface area (Å²) >= 11 is 0. The van der Waals surface area contributed by atoms with Crippen molar-refractivity contribution < 1.29 is 5.11 Å². The summed E-state index contributed by atoms with van der Waals surface area (Å²) in [6, 6.07) is 0. The molecule has 1 N–H and O–H groups in total. The van der Waals surface area contributed by atoms with Gasteiger partial charge in [-0.3, -0.25) is 0 Å². The first-order valence-electron chi connectivity index (χ1n) is 7.80. The number of rotatable bonds is 6. The van der Waals surface area contributed by atoms with E-state index in [1.54, 1.807) is 0 Å². The maximum atomic E-state index is 10.2. The molecule has 1 rings (SSSR count). The third-order valence-electron chi connectivity index (χ3n) is 4.79. The van der Waals surface area contributed by atoms with Gasteiger partial charge in [0.2, 0.25) is 0 Å². The van der Waals surface area contributed by atoms with Gasteiger partial charge in [-0.15, -0.1) is 0 Å². The van der Waals surface area contributed by atoms with E-state index in [-0.39, 0.29) is 6.10 Å². The third kappa shape index (κ3) is 4.89. The molecule has 4 unspecified atom stereocenters. The van der Waals surface area contributed by atoms with E-state index >= 15 is 0 Å². The molecule has 0 radical (unpaired) electrons. The minimum atomic E-state index is -0.0700. The Labute approximate surface area is 114 Å². The molecule has 0 bridgehead atoms. The molecule has 0 aliphatic heterocycles. The van der Waals surface area contributed by atoms with Crippen LogP contribution in [0.1, 0.15) is 53.4 Å². The zero-order valence-electron chi connectivity index (χ0n) is 13.0. The summed E-state index contributed by atoms with van der Waals surface area (Å²) in [6.07, 6.45) is 4.60.